The van der Waals surface area contributed by atoms with Gasteiger partial charge in [0.05, 0.1) is 5.69 Å². The first-order valence-corrected chi connectivity index (χ1v) is 6.47. The van der Waals surface area contributed by atoms with Gasteiger partial charge in [-0.1, -0.05) is 29.3 Å². The zero-order chi connectivity index (χ0) is 15.6. The Balaban J connectivity index is 2.32. The smallest absolute Gasteiger partial charge is 0.339 e. The highest BCUT2D eigenvalue weighted by Crippen LogP contribution is 2.28. The molecule has 21 heavy (non-hydrogen) atoms. The Kier molecular flexibility index (Phi) is 4.35. The van der Waals surface area contributed by atoms with Gasteiger partial charge in [-0.2, -0.15) is 0 Å². The van der Waals surface area contributed by atoms with Gasteiger partial charge < -0.3 is 15.5 Å². The normalized spacial score (nSPS) is 10.2. The number of nitrogens with one attached hydrogen (secondary N) is 1. The monoisotopic (exact) mass is 325 g/mol. The van der Waals surface area contributed by atoms with Crippen molar-refractivity contribution in [3.63, 3.8) is 0 Å². The molecule has 0 unspecified atom stereocenters. The van der Waals surface area contributed by atoms with Crippen LogP contribution in [-0.4, -0.2) is 22.1 Å². The van der Waals surface area contributed by atoms with Gasteiger partial charge in [-0.15, -0.1) is 0 Å². The second-order valence-corrected chi connectivity index (χ2v) is 4.99. The molecule has 0 radical (unpaired) electrons. The lowest BCUT2D eigenvalue weighted by molar-refractivity contribution is 0.0693. The minimum atomic E-state index is -1.30. The number of rotatable bonds is 3. The highest BCUT2D eigenvalue weighted by Gasteiger charge is 2.15. The number of halogens is 2. The lowest BCUT2D eigenvalue weighted by Crippen LogP contribution is -2.12. The van der Waals surface area contributed by atoms with E-state index in [1.54, 1.807) is 0 Å². The summed E-state index contributed by atoms with van der Waals surface area (Å²) in [6, 6.07) is 8.29. The van der Waals surface area contributed by atoms with Crippen LogP contribution in [0.3, 0.4) is 0 Å². The van der Waals surface area contributed by atoms with Crippen molar-refractivity contribution in [1.82, 2.24) is 0 Å². The van der Waals surface area contributed by atoms with Crippen molar-refractivity contribution in [3.05, 3.63) is 57.6 Å². The van der Waals surface area contributed by atoms with Gasteiger partial charge in [0.15, 0.2) is 5.75 Å². The van der Waals surface area contributed by atoms with Crippen LogP contribution in [-0.2, 0) is 0 Å². The second kappa shape index (κ2) is 6.03. The van der Waals surface area contributed by atoms with E-state index in [1.165, 1.54) is 36.4 Å². The van der Waals surface area contributed by atoms with Gasteiger partial charge in [0, 0.05) is 15.6 Å². The molecular weight excluding hydrogens is 317 g/mol. The van der Waals surface area contributed by atoms with Crippen LogP contribution in [0.4, 0.5) is 5.69 Å². The lowest BCUT2D eigenvalue weighted by Gasteiger charge is -2.09. The van der Waals surface area contributed by atoms with E-state index in [2.05, 4.69) is 5.32 Å². The lowest BCUT2D eigenvalue weighted by atomic mass is 10.1. The summed E-state index contributed by atoms with van der Waals surface area (Å²) in [4.78, 5) is 23.0. The highest BCUT2D eigenvalue weighted by molar-refractivity contribution is 6.35. The number of hydrogen-bond donors (Lipinski definition) is 3. The van der Waals surface area contributed by atoms with E-state index in [0.29, 0.717) is 0 Å². The number of carboxylic acid groups (broad SMARTS) is 1. The Morgan fingerprint density at radius 2 is 1.67 bits per heavy atom. The Morgan fingerprint density at radius 1 is 1.05 bits per heavy atom. The van der Waals surface area contributed by atoms with Gasteiger partial charge in [-0.05, 0) is 30.3 Å². The van der Waals surface area contributed by atoms with Crippen molar-refractivity contribution < 1.29 is 19.8 Å². The van der Waals surface area contributed by atoms with E-state index in [0.717, 1.165) is 0 Å². The summed E-state index contributed by atoms with van der Waals surface area (Å²) in [7, 11) is 0. The number of carbonyl (C=O) groups excluding carboxylic acids is 1. The van der Waals surface area contributed by atoms with Crippen LogP contribution >= 0.6 is 23.2 Å². The summed E-state index contributed by atoms with van der Waals surface area (Å²) in [5.74, 6) is -2.39. The molecule has 7 heteroatoms. The fourth-order valence-electron chi connectivity index (χ4n) is 1.70. The summed E-state index contributed by atoms with van der Waals surface area (Å²) in [5, 5.41) is 21.7. The Bertz CT molecular complexity index is 711. The standard InChI is InChI=1S/C14H9Cl2NO4/c15-8-4-7(5-9(16)6-8)13(19)17-11-3-1-2-10(12(11)18)14(20)21/h1-6,18H,(H,17,19)(H,20,21). The predicted molar refractivity (Wildman–Crippen MR) is 79.5 cm³/mol. The SMILES string of the molecule is O=C(Nc1cccc(C(=O)O)c1O)c1cc(Cl)cc(Cl)c1. The predicted octanol–water partition coefficient (Wildman–Crippen LogP) is 3.65. The number of aromatic hydroxyl groups is 1. The third-order valence-electron chi connectivity index (χ3n) is 2.64. The summed E-state index contributed by atoms with van der Waals surface area (Å²) < 4.78 is 0. The van der Waals surface area contributed by atoms with Gasteiger partial charge >= 0.3 is 5.97 Å². The molecule has 2 aromatic carbocycles. The molecule has 5 nitrogen and oxygen atoms in total. The fourth-order valence-corrected chi connectivity index (χ4v) is 2.22. The molecule has 108 valence electrons. The van der Waals surface area contributed by atoms with E-state index in [9.17, 15) is 14.7 Å². The van der Waals surface area contributed by atoms with Crippen LogP contribution in [0.5, 0.6) is 5.75 Å². The molecule has 2 aromatic rings. The molecule has 0 aliphatic rings. The number of carboxylic acids is 1. The topological polar surface area (TPSA) is 86.6 Å². The molecule has 2 rings (SSSR count). The number of anilines is 1. The number of benzene rings is 2. The first kappa shape index (κ1) is 15.2. The maximum atomic E-state index is 12.1. The number of para-hydroxylation sites is 1. The van der Waals surface area contributed by atoms with Gasteiger partial charge in [-0.25, -0.2) is 4.79 Å². The van der Waals surface area contributed by atoms with E-state index in [1.807, 2.05) is 0 Å². The van der Waals surface area contributed by atoms with Crippen LogP contribution in [0.1, 0.15) is 20.7 Å². The first-order valence-electron chi connectivity index (χ1n) is 5.71. The quantitative estimate of drug-likeness (QED) is 0.752. The maximum absolute atomic E-state index is 12.1. The average molecular weight is 326 g/mol. The third kappa shape index (κ3) is 3.45. The number of hydrogen-bond acceptors (Lipinski definition) is 3. The van der Waals surface area contributed by atoms with Crippen LogP contribution in [0, 0.1) is 0 Å². The largest absolute Gasteiger partial charge is 0.505 e. The summed E-state index contributed by atoms with van der Waals surface area (Å²) in [6.45, 7) is 0. The van der Waals surface area contributed by atoms with E-state index in [-0.39, 0.29) is 26.9 Å². The molecule has 0 aliphatic heterocycles. The summed E-state index contributed by atoms with van der Waals surface area (Å²) >= 11 is 11.6. The first-order chi connectivity index (χ1) is 9.88. The van der Waals surface area contributed by atoms with Gasteiger partial charge in [0.25, 0.3) is 5.91 Å². The van der Waals surface area contributed by atoms with Crippen molar-refractivity contribution in [2.45, 2.75) is 0 Å². The van der Waals surface area contributed by atoms with Crippen molar-refractivity contribution in [2.75, 3.05) is 5.32 Å². The molecular formula is C14H9Cl2NO4. The molecule has 0 bridgehead atoms. The molecule has 0 heterocycles. The summed E-state index contributed by atoms with van der Waals surface area (Å²) in [5.41, 5.74) is -0.138. The highest BCUT2D eigenvalue weighted by atomic mass is 35.5. The molecule has 0 fully saturated rings. The van der Waals surface area contributed by atoms with Gasteiger partial charge in [0.1, 0.15) is 5.56 Å². The molecule has 0 aromatic heterocycles. The molecule has 0 aliphatic carbocycles. The molecule has 1 amide bonds. The number of amides is 1. The van der Waals surface area contributed by atoms with Crippen molar-refractivity contribution in [1.29, 1.82) is 0 Å². The van der Waals surface area contributed by atoms with Crippen LogP contribution in [0.15, 0.2) is 36.4 Å². The minimum absolute atomic E-state index is 0.0176. The summed E-state index contributed by atoms with van der Waals surface area (Å²) in [6.07, 6.45) is 0. The molecule has 3 N–H and O–H groups in total. The Labute approximate surface area is 129 Å². The van der Waals surface area contributed by atoms with Crippen LogP contribution in [0.2, 0.25) is 10.0 Å². The van der Waals surface area contributed by atoms with Gasteiger partial charge in [-0.3, -0.25) is 4.79 Å². The molecule has 0 atom stereocenters. The second-order valence-electron chi connectivity index (χ2n) is 4.12. The zero-order valence-electron chi connectivity index (χ0n) is 10.4. The van der Waals surface area contributed by atoms with E-state index >= 15 is 0 Å². The zero-order valence-corrected chi connectivity index (χ0v) is 11.9. The van der Waals surface area contributed by atoms with Crippen molar-refractivity contribution in [3.8, 4) is 5.75 Å². The number of phenols is 1. The van der Waals surface area contributed by atoms with Crippen LogP contribution in [0.25, 0.3) is 0 Å². The number of carbonyl (C=O) groups is 2. The van der Waals surface area contributed by atoms with E-state index < -0.39 is 17.6 Å². The van der Waals surface area contributed by atoms with E-state index in [4.69, 9.17) is 28.3 Å². The van der Waals surface area contributed by atoms with Crippen molar-refractivity contribution in [2.24, 2.45) is 0 Å². The fraction of sp³-hybridized carbons (Fsp3) is 0. The third-order valence-corrected chi connectivity index (χ3v) is 3.08. The van der Waals surface area contributed by atoms with Crippen molar-refractivity contribution >= 4 is 40.8 Å². The molecule has 0 saturated heterocycles. The maximum Gasteiger partial charge on any atom is 0.339 e. The minimum Gasteiger partial charge on any atom is -0.505 e. The Morgan fingerprint density at radius 3 is 2.24 bits per heavy atom. The number of aromatic carboxylic acids is 1. The van der Waals surface area contributed by atoms with Crippen LogP contribution < -0.4 is 5.32 Å². The molecule has 0 spiro atoms. The Hall–Kier alpha value is -2.24. The van der Waals surface area contributed by atoms with Gasteiger partial charge in [0.2, 0.25) is 0 Å². The average Bonchev–Trinajstić information content (AvgIpc) is 2.39. The molecule has 0 saturated carbocycles.